The normalized spacial score (nSPS) is 11.4. The molecule has 0 fully saturated rings. The van der Waals surface area contributed by atoms with E-state index in [0.29, 0.717) is 5.69 Å². The Morgan fingerprint density at radius 2 is 1.95 bits per heavy atom. The number of benzene rings is 1. The smallest absolute Gasteiger partial charge is 0.379 e. The van der Waals surface area contributed by atoms with Crippen molar-refractivity contribution in [3.63, 3.8) is 0 Å². The lowest BCUT2D eigenvalue weighted by Crippen LogP contribution is -2.09. The zero-order valence-electron chi connectivity index (χ0n) is 9.58. The number of anilines is 1. The fourth-order valence-electron chi connectivity index (χ4n) is 1.47. The summed E-state index contributed by atoms with van der Waals surface area (Å²) in [5, 5.41) is 2.74. The van der Waals surface area contributed by atoms with E-state index in [1.54, 1.807) is 6.07 Å². The van der Waals surface area contributed by atoms with Crippen LogP contribution in [0.3, 0.4) is 0 Å². The van der Waals surface area contributed by atoms with E-state index < -0.39 is 17.6 Å². The van der Waals surface area contributed by atoms with Gasteiger partial charge in [-0.05, 0) is 24.3 Å². The van der Waals surface area contributed by atoms with Crippen LogP contribution in [0, 0.1) is 5.82 Å². The minimum atomic E-state index is -4.71. The van der Waals surface area contributed by atoms with E-state index in [0.717, 1.165) is 12.1 Å². The van der Waals surface area contributed by atoms with Gasteiger partial charge < -0.3 is 5.32 Å². The second kappa shape index (κ2) is 5.21. The Hall–Kier alpha value is -2.18. The first-order valence-electron chi connectivity index (χ1n) is 5.32. The highest BCUT2D eigenvalue weighted by molar-refractivity contribution is 5.47. The predicted molar refractivity (Wildman–Crippen MR) is 60.8 cm³/mol. The van der Waals surface area contributed by atoms with Gasteiger partial charge in [-0.2, -0.15) is 13.2 Å². The Bertz CT molecular complexity index is 555. The van der Waals surface area contributed by atoms with E-state index >= 15 is 0 Å². The molecular formula is C12H9F4N3. The molecule has 0 aliphatic rings. The molecule has 7 heteroatoms. The van der Waals surface area contributed by atoms with E-state index in [1.807, 2.05) is 0 Å². The first kappa shape index (κ1) is 13.3. The van der Waals surface area contributed by atoms with Crippen LogP contribution in [0.15, 0.2) is 36.8 Å². The van der Waals surface area contributed by atoms with E-state index in [9.17, 15) is 17.6 Å². The molecule has 0 radical (unpaired) electrons. The summed E-state index contributed by atoms with van der Waals surface area (Å²) >= 11 is 0. The summed E-state index contributed by atoms with van der Waals surface area (Å²) in [6.45, 7) is 0.228. The van der Waals surface area contributed by atoms with Crippen molar-refractivity contribution in [1.29, 1.82) is 0 Å². The van der Waals surface area contributed by atoms with E-state index in [4.69, 9.17) is 0 Å². The molecule has 2 rings (SSSR count). The van der Waals surface area contributed by atoms with Crippen LogP contribution in [0.5, 0.6) is 0 Å². The van der Waals surface area contributed by atoms with Crippen LogP contribution in [-0.4, -0.2) is 9.97 Å². The Morgan fingerprint density at radius 1 is 1.16 bits per heavy atom. The van der Waals surface area contributed by atoms with Crippen LogP contribution in [0.1, 0.15) is 11.3 Å². The Kier molecular flexibility index (Phi) is 3.64. The van der Waals surface area contributed by atoms with Crippen LogP contribution in [0.2, 0.25) is 0 Å². The highest BCUT2D eigenvalue weighted by atomic mass is 19.4. The number of rotatable bonds is 3. The van der Waals surface area contributed by atoms with E-state index in [2.05, 4.69) is 15.3 Å². The van der Waals surface area contributed by atoms with Crippen molar-refractivity contribution < 1.29 is 17.6 Å². The standard InChI is InChI=1S/C12H9F4N3/c13-11-2-1-8(5-10(11)12(14,15)16)18-6-9-3-4-17-7-19-9/h1-5,7,18H,6H2. The Labute approximate surface area is 106 Å². The summed E-state index contributed by atoms with van der Waals surface area (Å²) in [4.78, 5) is 7.63. The molecule has 0 saturated carbocycles. The van der Waals surface area contributed by atoms with Crippen molar-refractivity contribution in [2.24, 2.45) is 0 Å². The molecular weight excluding hydrogens is 262 g/mol. The number of nitrogens with zero attached hydrogens (tertiary/aromatic N) is 2. The fraction of sp³-hybridized carbons (Fsp3) is 0.167. The molecule has 19 heavy (non-hydrogen) atoms. The molecule has 0 unspecified atom stereocenters. The van der Waals surface area contributed by atoms with Crippen molar-refractivity contribution in [1.82, 2.24) is 9.97 Å². The average Bonchev–Trinajstić information content (AvgIpc) is 2.37. The zero-order valence-corrected chi connectivity index (χ0v) is 9.58. The minimum absolute atomic E-state index is 0.173. The van der Waals surface area contributed by atoms with Crippen LogP contribution in [0.25, 0.3) is 0 Å². The van der Waals surface area contributed by atoms with Gasteiger partial charge in [-0.25, -0.2) is 14.4 Å². The topological polar surface area (TPSA) is 37.8 Å². The monoisotopic (exact) mass is 271 g/mol. The van der Waals surface area contributed by atoms with Gasteiger partial charge in [0.05, 0.1) is 17.8 Å². The average molecular weight is 271 g/mol. The summed E-state index contributed by atoms with van der Waals surface area (Å²) in [5.41, 5.74) is -0.500. The van der Waals surface area contributed by atoms with Crippen LogP contribution in [0.4, 0.5) is 23.2 Å². The molecule has 100 valence electrons. The van der Waals surface area contributed by atoms with Gasteiger partial charge in [0, 0.05) is 11.9 Å². The van der Waals surface area contributed by atoms with Crippen LogP contribution >= 0.6 is 0 Å². The molecule has 0 aliphatic carbocycles. The van der Waals surface area contributed by atoms with Gasteiger partial charge >= 0.3 is 6.18 Å². The van der Waals surface area contributed by atoms with Crippen molar-refractivity contribution >= 4 is 5.69 Å². The predicted octanol–water partition coefficient (Wildman–Crippen LogP) is 3.25. The quantitative estimate of drug-likeness (QED) is 0.871. The number of nitrogens with one attached hydrogen (secondary N) is 1. The van der Waals surface area contributed by atoms with Gasteiger partial charge in [0.1, 0.15) is 12.1 Å². The Morgan fingerprint density at radius 3 is 2.58 bits per heavy atom. The SMILES string of the molecule is Fc1ccc(NCc2ccncn2)cc1C(F)(F)F. The maximum atomic E-state index is 13.1. The zero-order chi connectivity index (χ0) is 13.9. The summed E-state index contributed by atoms with van der Waals surface area (Å²) in [6.07, 6.45) is -1.85. The maximum Gasteiger partial charge on any atom is 0.419 e. The first-order valence-corrected chi connectivity index (χ1v) is 5.32. The van der Waals surface area contributed by atoms with Crippen molar-refractivity contribution in [2.45, 2.75) is 12.7 Å². The molecule has 0 saturated heterocycles. The molecule has 1 aromatic carbocycles. The number of halogens is 4. The maximum absolute atomic E-state index is 13.1. The number of alkyl halides is 3. The molecule has 1 heterocycles. The minimum Gasteiger partial charge on any atom is -0.379 e. The van der Waals surface area contributed by atoms with E-state index in [-0.39, 0.29) is 12.2 Å². The number of hydrogen-bond donors (Lipinski definition) is 1. The lowest BCUT2D eigenvalue weighted by molar-refractivity contribution is -0.139. The largest absolute Gasteiger partial charge is 0.419 e. The molecule has 2 aromatic rings. The molecule has 0 bridgehead atoms. The highest BCUT2D eigenvalue weighted by Crippen LogP contribution is 2.33. The van der Waals surface area contributed by atoms with Crippen molar-refractivity contribution in [3.05, 3.63) is 53.9 Å². The second-order valence-electron chi connectivity index (χ2n) is 3.75. The third kappa shape index (κ3) is 3.40. The molecule has 1 aromatic heterocycles. The fourth-order valence-corrected chi connectivity index (χ4v) is 1.47. The number of hydrogen-bond acceptors (Lipinski definition) is 3. The van der Waals surface area contributed by atoms with Gasteiger partial charge in [0.25, 0.3) is 0 Å². The Balaban J connectivity index is 2.14. The van der Waals surface area contributed by atoms with Gasteiger partial charge in [-0.3, -0.25) is 0 Å². The molecule has 0 spiro atoms. The molecule has 1 N–H and O–H groups in total. The number of aromatic nitrogens is 2. The molecule has 3 nitrogen and oxygen atoms in total. The van der Waals surface area contributed by atoms with Gasteiger partial charge in [0.15, 0.2) is 0 Å². The van der Waals surface area contributed by atoms with Gasteiger partial charge in [0.2, 0.25) is 0 Å². The lowest BCUT2D eigenvalue weighted by atomic mass is 10.2. The third-order valence-corrected chi connectivity index (χ3v) is 2.39. The summed E-state index contributed by atoms with van der Waals surface area (Å²) < 4.78 is 50.6. The van der Waals surface area contributed by atoms with Crippen molar-refractivity contribution in [3.8, 4) is 0 Å². The summed E-state index contributed by atoms with van der Waals surface area (Å²) in [6, 6.07) is 4.38. The van der Waals surface area contributed by atoms with Crippen molar-refractivity contribution in [2.75, 3.05) is 5.32 Å². The molecule has 0 aliphatic heterocycles. The van der Waals surface area contributed by atoms with Gasteiger partial charge in [-0.15, -0.1) is 0 Å². The van der Waals surface area contributed by atoms with E-state index in [1.165, 1.54) is 18.6 Å². The summed E-state index contributed by atoms with van der Waals surface area (Å²) in [5.74, 6) is -1.29. The molecule has 0 atom stereocenters. The molecule has 0 amide bonds. The first-order chi connectivity index (χ1) is 8.97. The third-order valence-electron chi connectivity index (χ3n) is 2.39. The van der Waals surface area contributed by atoms with Gasteiger partial charge in [-0.1, -0.05) is 0 Å². The summed E-state index contributed by atoms with van der Waals surface area (Å²) in [7, 11) is 0. The highest BCUT2D eigenvalue weighted by Gasteiger charge is 2.34. The van der Waals surface area contributed by atoms with Crippen LogP contribution < -0.4 is 5.32 Å². The van der Waals surface area contributed by atoms with Crippen LogP contribution in [-0.2, 0) is 12.7 Å². The second-order valence-corrected chi connectivity index (χ2v) is 3.75. The lowest BCUT2D eigenvalue weighted by Gasteiger charge is -2.11.